The maximum absolute atomic E-state index is 13.1. The number of carbonyl (C=O) groups excluding carboxylic acids is 4. The van der Waals surface area contributed by atoms with Crippen LogP contribution in [0.1, 0.15) is 147 Å². The topological polar surface area (TPSA) is 163 Å². The van der Waals surface area contributed by atoms with Crippen molar-refractivity contribution >= 4 is 92.8 Å². The summed E-state index contributed by atoms with van der Waals surface area (Å²) < 4.78 is 180. The maximum atomic E-state index is 13.1. The Hall–Kier alpha value is -8.96. The molecule has 0 heterocycles. The molecule has 8 aromatic carbocycles. The third-order valence-corrected chi connectivity index (χ3v) is 18.6. The number of alkyl halides is 12. The number of halogens is 16. The lowest BCUT2D eigenvalue weighted by molar-refractivity contribution is -0.138. The molecule has 31 heteroatoms. The number of rotatable bonds is 30. The van der Waals surface area contributed by atoms with E-state index in [4.69, 9.17) is 65.4 Å². The molecule has 0 fully saturated rings. The number of hydrogen-bond donors (Lipinski definition) is 4. The molecule has 0 atom stereocenters. The van der Waals surface area contributed by atoms with Crippen molar-refractivity contribution in [2.75, 3.05) is 108 Å². The van der Waals surface area contributed by atoms with Gasteiger partial charge in [0.15, 0.2) is 0 Å². The number of benzene rings is 8. The van der Waals surface area contributed by atoms with Crippen LogP contribution in [-0.4, -0.2) is 125 Å². The fraction of sp³-hybridized carbons (Fsp3) is 0.373. The first-order valence-corrected chi connectivity index (χ1v) is 37.8. The van der Waals surface area contributed by atoms with E-state index in [0.29, 0.717) is 95.3 Å². The first-order valence-electron chi connectivity index (χ1n) is 36.2. The SMILES string of the molecule is CCN(CC)CCCOc1cccc(C)c1C(=O)Nc1ccc(Cl)c(C(F)(F)F)c1.CCN(CC)CCOc1cccc(C)c1C(=O)Nc1ccc(Cl)c(C(F)(F)F)c1.Cc1cccc(OCCC(C)C)c1C(=O)Nc1ccc(Cl)c(C(F)(F)F)c1.Cc1cccc(OCCCN(C)C)c1C(=O)Nc1ccc(Cl)c(C(F)(F)F)c1. The number of aryl methyl sites for hydroxylation is 4. The molecule has 8 rings (SSSR count). The van der Waals surface area contributed by atoms with Gasteiger partial charge in [0.25, 0.3) is 23.6 Å². The molecule has 15 nitrogen and oxygen atoms in total. The highest BCUT2D eigenvalue weighted by Gasteiger charge is 2.37. The van der Waals surface area contributed by atoms with Gasteiger partial charge in [0.2, 0.25) is 0 Å². The van der Waals surface area contributed by atoms with Crippen molar-refractivity contribution in [3.05, 3.63) is 232 Å². The first kappa shape index (κ1) is 95.6. The minimum absolute atomic E-state index is 0.00327. The predicted molar refractivity (Wildman–Crippen MR) is 427 cm³/mol. The lowest BCUT2D eigenvalue weighted by atomic mass is 10.1. The molecule has 0 aliphatic heterocycles. The van der Waals surface area contributed by atoms with E-state index in [9.17, 15) is 71.9 Å². The lowest BCUT2D eigenvalue weighted by Crippen LogP contribution is -2.28. The Morgan fingerprint density at radius 1 is 0.360 bits per heavy atom. The van der Waals surface area contributed by atoms with E-state index in [-0.39, 0.29) is 33.9 Å². The van der Waals surface area contributed by atoms with Gasteiger partial charge in [-0.3, -0.25) is 19.2 Å². The van der Waals surface area contributed by atoms with Crippen LogP contribution in [0, 0.1) is 33.6 Å². The van der Waals surface area contributed by atoms with Crippen LogP contribution >= 0.6 is 46.4 Å². The largest absolute Gasteiger partial charge is 0.493 e. The molecular formula is C83H93Cl4F12N7O8. The third-order valence-electron chi connectivity index (χ3n) is 17.3. The summed E-state index contributed by atoms with van der Waals surface area (Å²) >= 11 is 22.5. The van der Waals surface area contributed by atoms with Crippen molar-refractivity contribution in [1.29, 1.82) is 0 Å². The molecule has 0 aliphatic carbocycles. The van der Waals surface area contributed by atoms with Crippen molar-refractivity contribution in [3.63, 3.8) is 0 Å². The van der Waals surface area contributed by atoms with Crippen LogP contribution in [0.5, 0.6) is 23.0 Å². The highest BCUT2D eigenvalue weighted by Crippen LogP contribution is 2.41. The second kappa shape index (κ2) is 44.8. The molecule has 114 heavy (non-hydrogen) atoms. The molecule has 0 saturated heterocycles. The highest BCUT2D eigenvalue weighted by molar-refractivity contribution is 6.32. The van der Waals surface area contributed by atoms with Gasteiger partial charge in [-0.25, -0.2) is 0 Å². The Balaban J connectivity index is 0.000000272. The standard InChI is InChI=1S/C22H26ClF3N2O2.C21H24ClF3N2O2.C20H22ClF3N2O2.C20H21ClF3NO2/c1-4-28(5-2)12-7-13-30-19-9-6-8-15(3)20(19)21(29)27-16-10-11-18(23)17(14-16)22(24,25)26;1-4-27(5-2)11-12-29-18-8-6-7-14(3)19(18)20(28)26-15-9-10-17(22)16(13-15)21(23,24)25;1-13-6-4-7-17(28-11-5-10-26(2)3)18(13)19(27)25-14-8-9-16(21)15(12-14)20(22,23)24;1-12(2)9-10-27-17-6-4-5-13(3)18(17)19(26)25-14-7-8-16(21)15(11-14)20(22,23)24/h6,8-11,14H,4-5,7,12-13H2,1-3H3,(H,27,29);6-10,13H,4-5,11-12H2,1-3H3,(H,26,28);4,6-9,12H,5,10-11H2,1-3H3,(H,25,27);4-8,11-12H,9-10H2,1-3H3,(H,25,26). The van der Waals surface area contributed by atoms with Crippen molar-refractivity contribution in [2.45, 2.75) is 113 Å². The molecule has 4 amide bonds. The Bertz CT molecular complexity index is 4500. The van der Waals surface area contributed by atoms with Gasteiger partial charge in [-0.15, -0.1) is 0 Å². The minimum atomic E-state index is -4.61. The zero-order valence-electron chi connectivity index (χ0n) is 65.0. The Labute approximate surface area is 676 Å². The predicted octanol–water partition coefficient (Wildman–Crippen LogP) is 23.3. The fourth-order valence-corrected chi connectivity index (χ4v) is 12.0. The molecule has 4 N–H and O–H groups in total. The zero-order valence-corrected chi connectivity index (χ0v) is 68.0. The van der Waals surface area contributed by atoms with Gasteiger partial charge in [-0.05, 0) is 212 Å². The molecule has 0 aliphatic rings. The summed E-state index contributed by atoms with van der Waals surface area (Å²) in [4.78, 5) is 57.5. The van der Waals surface area contributed by atoms with Gasteiger partial charge in [-0.2, -0.15) is 52.7 Å². The number of amides is 4. The summed E-state index contributed by atoms with van der Waals surface area (Å²) in [5.74, 6) is -0.143. The molecule has 0 unspecified atom stereocenters. The molecule has 0 bridgehead atoms. The monoisotopic (exact) mass is 1680 g/mol. The number of carbonyl (C=O) groups is 4. The van der Waals surface area contributed by atoms with E-state index >= 15 is 0 Å². The van der Waals surface area contributed by atoms with Crippen molar-refractivity contribution in [2.24, 2.45) is 5.92 Å². The zero-order chi connectivity index (χ0) is 85.0. The van der Waals surface area contributed by atoms with Gasteiger partial charge in [0.05, 0.1) is 84.4 Å². The van der Waals surface area contributed by atoms with Crippen molar-refractivity contribution in [1.82, 2.24) is 14.7 Å². The van der Waals surface area contributed by atoms with Crippen LogP contribution in [0.4, 0.5) is 75.4 Å². The van der Waals surface area contributed by atoms with E-state index in [1.807, 2.05) is 19.0 Å². The van der Waals surface area contributed by atoms with E-state index in [0.717, 1.165) is 107 Å². The van der Waals surface area contributed by atoms with Crippen LogP contribution in [0.15, 0.2) is 146 Å². The molecular weight excluding hydrogens is 1590 g/mol. The number of ether oxygens (including phenoxy) is 4. The van der Waals surface area contributed by atoms with Gasteiger partial charge in [0, 0.05) is 42.4 Å². The summed E-state index contributed by atoms with van der Waals surface area (Å²) in [6.45, 7) is 27.2. The normalized spacial score (nSPS) is 11.6. The second-order valence-corrected chi connectivity index (χ2v) is 28.1. The molecule has 0 radical (unpaired) electrons. The number of hydrogen-bond acceptors (Lipinski definition) is 11. The summed E-state index contributed by atoms with van der Waals surface area (Å²) in [6, 6.07) is 33.8. The molecule has 0 aromatic heterocycles. The van der Waals surface area contributed by atoms with Gasteiger partial charge >= 0.3 is 24.7 Å². The minimum Gasteiger partial charge on any atom is -0.493 e. The number of nitrogens with one attached hydrogen (secondary N) is 4. The summed E-state index contributed by atoms with van der Waals surface area (Å²) in [7, 11) is 3.90. The average molecular weight is 1690 g/mol. The lowest BCUT2D eigenvalue weighted by Gasteiger charge is -2.19. The Morgan fingerprint density at radius 2 is 0.605 bits per heavy atom. The fourth-order valence-electron chi connectivity index (χ4n) is 11.1. The second-order valence-electron chi connectivity index (χ2n) is 26.5. The maximum Gasteiger partial charge on any atom is 0.417 e. The van der Waals surface area contributed by atoms with Crippen molar-refractivity contribution < 1.29 is 90.8 Å². The molecule has 0 saturated carbocycles. The number of nitrogens with zero attached hydrogens (tertiary/aromatic N) is 3. The van der Waals surface area contributed by atoms with E-state index in [2.05, 4.69) is 72.6 Å². The van der Waals surface area contributed by atoms with Crippen LogP contribution in [0.3, 0.4) is 0 Å². The summed E-state index contributed by atoms with van der Waals surface area (Å²) in [6.07, 6.45) is -16.1. The molecule has 0 spiro atoms. The number of anilines is 4. The van der Waals surface area contributed by atoms with Crippen molar-refractivity contribution in [3.8, 4) is 23.0 Å². The van der Waals surface area contributed by atoms with Crippen LogP contribution in [0.2, 0.25) is 20.1 Å². The number of likely N-dealkylation sites (N-methyl/N-ethyl adjacent to an activating group) is 1. The van der Waals surface area contributed by atoms with E-state index < -0.39 is 90.7 Å². The van der Waals surface area contributed by atoms with E-state index in [1.165, 1.54) is 24.3 Å². The highest BCUT2D eigenvalue weighted by atomic mass is 35.5. The first-order chi connectivity index (χ1) is 53.5. The van der Waals surface area contributed by atoms with Crippen LogP contribution < -0.4 is 40.2 Å². The summed E-state index contributed by atoms with van der Waals surface area (Å²) in [5.41, 5.74) is -0.166. The Morgan fingerprint density at radius 3 is 0.851 bits per heavy atom. The van der Waals surface area contributed by atoms with Crippen LogP contribution in [-0.2, 0) is 24.7 Å². The van der Waals surface area contributed by atoms with Gasteiger partial charge in [0.1, 0.15) is 29.6 Å². The smallest absolute Gasteiger partial charge is 0.417 e. The molecule has 8 aromatic rings. The quantitative estimate of drug-likeness (QED) is 0.0250. The van der Waals surface area contributed by atoms with Gasteiger partial charge < -0.3 is 54.9 Å². The molecule has 620 valence electrons. The van der Waals surface area contributed by atoms with Gasteiger partial charge in [-0.1, -0.05) is 136 Å². The summed E-state index contributed by atoms with van der Waals surface area (Å²) in [5, 5.41) is 8.34. The Kier molecular flexibility index (Phi) is 37.6. The third kappa shape index (κ3) is 30.0. The average Bonchev–Trinajstić information content (AvgIpc) is 0.821. The van der Waals surface area contributed by atoms with E-state index in [1.54, 1.807) is 100 Å². The van der Waals surface area contributed by atoms with Crippen LogP contribution in [0.25, 0.3) is 0 Å².